The third-order valence-electron chi connectivity index (χ3n) is 2.11. The molecule has 0 aliphatic rings. The smallest absolute Gasteiger partial charge is 0.340 e. The molecule has 0 unspecified atom stereocenters. The van der Waals surface area contributed by atoms with Crippen LogP contribution in [0.4, 0.5) is 0 Å². The standard InChI is InChI=1S/C13H15N3O2/c1-4-18-13(17)12(9-16(2)3)11-5-6-15-8-10(11)7-14/h5-6,8-9H,4H2,1-3H3/b12-9-. The Labute approximate surface area is 106 Å². The molecule has 1 rings (SSSR count). The molecule has 94 valence electrons. The summed E-state index contributed by atoms with van der Waals surface area (Å²) in [5.74, 6) is -0.450. The lowest BCUT2D eigenvalue weighted by molar-refractivity contribution is -0.136. The van der Waals surface area contributed by atoms with Gasteiger partial charge in [0, 0.05) is 38.3 Å². The topological polar surface area (TPSA) is 66.2 Å². The van der Waals surface area contributed by atoms with E-state index in [1.165, 1.54) is 6.20 Å². The Bertz CT molecular complexity index is 501. The summed E-state index contributed by atoms with van der Waals surface area (Å²) in [6, 6.07) is 3.65. The zero-order chi connectivity index (χ0) is 13.5. The number of rotatable bonds is 4. The zero-order valence-corrected chi connectivity index (χ0v) is 10.7. The van der Waals surface area contributed by atoms with Crippen LogP contribution in [0.15, 0.2) is 24.7 Å². The second kappa shape index (κ2) is 6.40. The number of esters is 1. The lowest BCUT2D eigenvalue weighted by Crippen LogP contribution is -2.12. The molecule has 0 N–H and O–H groups in total. The highest BCUT2D eigenvalue weighted by Crippen LogP contribution is 2.19. The predicted octanol–water partition coefficient (Wildman–Crippen LogP) is 1.42. The van der Waals surface area contributed by atoms with Gasteiger partial charge in [0.2, 0.25) is 0 Å². The van der Waals surface area contributed by atoms with Gasteiger partial charge in [0.05, 0.1) is 17.7 Å². The Morgan fingerprint density at radius 2 is 2.33 bits per heavy atom. The van der Waals surface area contributed by atoms with Gasteiger partial charge in [0.15, 0.2) is 0 Å². The molecule has 0 saturated heterocycles. The number of hydrogen-bond donors (Lipinski definition) is 0. The summed E-state index contributed by atoms with van der Waals surface area (Å²) in [4.78, 5) is 17.5. The van der Waals surface area contributed by atoms with Gasteiger partial charge in [-0.1, -0.05) is 0 Å². The van der Waals surface area contributed by atoms with Gasteiger partial charge in [-0.05, 0) is 13.0 Å². The van der Waals surface area contributed by atoms with Crippen LogP contribution in [0.25, 0.3) is 5.57 Å². The molecule has 5 nitrogen and oxygen atoms in total. The third-order valence-corrected chi connectivity index (χ3v) is 2.11. The largest absolute Gasteiger partial charge is 0.462 e. The Balaban J connectivity index is 3.27. The first-order valence-corrected chi connectivity index (χ1v) is 5.50. The number of nitriles is 1. The highest BCUT2D eigenvalue weighted by Gasteiger charge is 2.17. The van der Waals surface area contributed by atoms with Crippen molar-refractivity contribution < 1.29 is 9.53 Å². The lowest BCUT2D eigenvalue weighted by Gasteiger charge is -2.12. The third kappa shape index (κ3) is 3.32. The Morgan fingerprint density at radius 3 is 2.89 bits per heavy atom. The first kappa shape index (κ1) is 13.7. The van der Waals surface area contributed by atoms with Crippen LogP contribution in [0.2, 0.25) is 0 Å². The fraction of sp³-hybridized carbons (Fsp3) is 0.308. The van der Waals surface area contributed by atoms with E-state index in [1.54, 1.807) is 44.4 Å². The summed E-state index contributed by atoms with van der Waals surface area (Å²) < 4.78 is 5.00. The Morgan fingerprint density at radius 1 is 1.61 bits per heavy atom. The van der Waals surface area contributed by atoms with E-state index in [1.807, 2.05) is 6.07 Å². The van der Waals surface area contributed by atoms with Gasteiger partial charge in [-0.2, -0.15) is 5.26 Å². The molecule has 0 atom stereocenters. The molecular weight excluding hydrogens is 230 g/mol. The quantitative estimate of drug-likeness (QED) is 0.593. The molecule has 0 saturated carbocycles. The molecular formula is C13H15N3O2. The fourth-order valence-corrected chi connectivity index (χ4v) is 1.42. The van der Waals surface area contributed by atoms with Crippen molar-refractivity contribution in [2.24, 2.45) is 0 Å². The van der Waals surface area contributed by atoms with Gasteiger partial charge >= 0.3 is 5.97 Å². The van der Waals surface area contributed by atoms with Gasteiger partial charge in [-0.3, -0.25) is 4.98 Å². The van der Waals surface area contributed by atoms with Crippen LogP contribution in [0.5, 0.6) is 0 Å². The molecule has 18 heavy (non-hydrogen) atoms. The van der Waals surface area contributed by atoms with Gasteiger partial charge in [-0.15, -0.1) is 0 Å². The van der Waals surface area contributed by atoms with Crippen LogP contribution in [0.3, 0.4) is 0 Å². The number of carbonyl (C=O) groups excluding carboxylic acids is 1. The number of pyridine rings is 1. The Hall–Kier alpha value is -2.35. The molecule has 0 amide bonds. The maximum atomic E-state index is 11.9. The van der Waals surface area contributed by atoms with E-state index in [-0.39, 0.29) is 6.61 Å². The van der Waals surface area contributed by atoms with Crippen LogP contribution in [0.1, 0.15) is 18.1 Å². The maximum absolute atomic E-state index is 11.9. The van der Waals surface area contributed by atoms with Crippen molar-refractivity contribution in [3.8, 4) is 6.07 Å². The van der Waals surface area contributed by atoms with Gasteiger partial charge < -0.3 is 9.64 Å². The van der Waals surface area contributed by atoms with E-state index in [9.17, 15) is 4.79 Å². The van der Waals surface area contributed by atoms with Crippen molar-refractivity contribution in [1.29, 1.82) is 5.26 Å². The van der Waals surface area contributed by atoms with Gasteiger partial charge in [-0.25, -0.2) is 4.79 Å². The summed E-state index contributed by atoms with van der Waals surface area (Å²) in [6.45, 7) is 2.03. The zero-order valence-electron chi connectivity index (χ0n) is 10.7. The van der Waals surface area contributed by atoms with Crippen molar-refractivity contribution in [2.75, 3.05) is 20.7 Å². The van der Waals surface area contributed by atoms with E-state index in [4.69, 9.17) is 10.00 Å². The number of nitrogens with zero attached hydrogens (tertiary/aromatic N) is 3. The monoisotopic (exact) mass is 245 g/mol. The van der Waals surface area contributed by atoms with Gasteiger partial charge in [0.25, 0.3) is 0 Å². The second-order valence-corrected chi connectivity index (χ2v) is 3.76. The molecule has 5 heteroatoms. The fourth-order valence-electron chi connectivity index (χ4n) is 1.42. The summed E-state index contributed by atoms with van der Waals surface area (Å²) in [5.41, 5.74) is 1.22. The first-order valence-electron chi connectivity index (χ1n) is 5.50. The van der Waals surface area contributed by atoms with Crippen LogP contribution in [-0.2, 0) is 9.53 Å². The summed E-state index contributed by atoms with van der Waals surface area (Å²) in [5, 5.41) is 9.03. The number of hydrogen-bond acceptors (Lipinski definition) is 5. The molecule has 1 aromatic heterocycles. The average molecular weight is 245 g/mol. The van der Waals surface area contributed by atoms with Crippen molar-refractivity contribution in [2.45, 2.75) is 6.92 Å². The highest BCUT2D eigenvalue weighted by atomic mass is 16.5. The van der Waals surface area contributed by atoms with Gasteiger partial charge in [0.1, 0.15) is 6.07 Å². The number of carbonyl (C=O) groups is 1. The van der Waals surface area contributed by atoms with Crippen LogP contribution in [0, 0.1) is 11.3 Å². The molecule has 0 fully saturated rings. The minimum Gasteiger partial charge on any atom is -0.462 e. The number of ether oxygens (including phenoxy) is 1. The normalized spacial score (nSPS) is 10.7. The lowest BCUT2D eigenvalue weighted by atomic mass is 10.0. The maximum Gasteiger partial charge on any atom is 0.340 e. The molecule has 0 aromatic carbocycles. The second-order valence-electron chi connectivity index (χ2n) is 3.76. The predicted molar refractivity (Wildman–Crippen MR) is 67.2 cm³/mol. The molecule has 0 spiro atoms. The van der Waals surface area contributed by atoms with Crippen molar-refractivity contribution in [3.63, 3.8) is 0 Å². The number of aromatic nitrogens is 1. The highest BCUT2D eigenvalue weighted by molar-refractivity contribution is 6.17. The first-order chi connectivity index (χ1) is 8.60. The van der Waals surface area contributed by atoms with Crippen molar-refractivity contribution in [3.05, 3.63) is 35.8 Å². The van der Waals surface area contributed by atoms with E-state index in [2.05, 4.69) is 4.98 Å². The molecule has 0 aliphatic heterocycles. The van der Waals surface area contributed by atoms with Crippen LogP contribution < -0.4 is 0 Å². The molecule has 0 bridgehead atoms. The SMILES string of the molecule is CCOC(=O)/C(=C\N(C)C)c1ccncc1C#N. The molecule has 0 aliphatic carbocycles. The average Bonchev–Trinajstić information content (AvgIpc) is 2.36. The van der Waals surface area contributed by atoms with E-state index in [0.29, 0.717) is 16.7 Å². The van der Waals surface area contributed by atoms with E-state index in [0.717, 1.165) is 0 Å². The van der Waals surface area contributed by atoms with Crippen molar-refractivity contribution in [1.82, 2.24) is 9.88 Å². The van der Waals surface area contributed by atoms with E-state index < -0.39 is 5.97 Å². The molecule has 1 heterocycles. The molecule has 0 radical (unpaired) electrons. The summed E-state index contributed by atoms with van der Waals surface area (Å²) in [6.07, 6.45) is 4.60. The minimum atomic E-state index is -0.450. The summed E-state index contributed by atoms with van der Waals surface area (Å²) in [7, 11) is 3.60. The van der Waals surface area contributed by atoms with Crippen LogP contribution in [-0.4, -0.2) is 36.6 Å². The molecule has 1 aromatic rings. The van der Waals surface area contributed by atoms with E-state index >= 15 is 0 Å². The van der Waals surface area contributed by atoms with Crippen LogP contribution >= 0.6 is 0 Å². The van der Waals surface area contributed by atoms with Crippen molar-refractivity contribution >= 4 is 11.5 Å². The minimum absolute atomic E-state index is 0.288. The Kier molecular flexibility index (Phi) is 4.88. The summed E-state index contributed by atoms with van der Waals surface area (Å²) >= 11 is 0.